The summed E-state index contributed by atoms with van der Waals surface area (Å²) in [6.07, 6.45) is -3.28. The predicted molar refractivity (Wildman–Crippen MR) is 87.4 cm³/mol. The first-order chi connectivity index (χ1) is 11.4. The van der Waals surface area contributed by atoms with Gasteiger partial charge in [-0.2, -0.15) is 13.2 Å². The summed E-state index contributed by atoms with van der Waals surface area (Å²) in [6.45, 7) is 6.80. The molecule has 24 heavy (non-hydrogen) atoms. The van der Waals surface area contributed by atoms with E-state index in [0.717, 1.165) is 19.2 Å². The molecule has 1 saturated heterocycles. The zero-order valence-corrected chi connectivity index (χ0v) is 13.6. The van der Waals surface area contributed by atoms with Gasteiger partial charge in [0.25, 0.3) is 0 Å². The molecular formula is C17H19F3N4. The highest BCUT2D eigenvalue weighted by molar-refractivity contribution is 5.57. The summed E-state index contributed by atoms with van der Waals surface area (Å²) >= 11 is 0. The highest BCUT2D eigenvalue weighted by Crippen LogP contribution is 2.29. The molecule has 0 spiro atoms. The molecule has 1 aliphatic rings. The Kier molecular flexibility index (Phi) is 4.34. The molecule has 4 nitrogen and oxygen atoms in total. The van der Waals surface area contributed by atoms with Crippen LogP contribution in [0.5, 0.6) is 0 Å². The Morgan fingerprint density at radius 2 is 1.62 bits per heavy atom. The van der Waals surface area contributed by atoms with Crippen LogP contribution < -0.4 is 9.80 Å². The van der Waals surface area contributed by atoms with Crippen molar-refractivity contribution in [2.24, 2.45) is 0 Å². The molecule has 1 aromatic carbocycles. The van der Waals surface area contributed by atoms with E-state index >= 15 is 0 Å². The molecule has 3 rings (SSSR count). The van der Waals surface area contributed by atoms with E-state index < -0.39 is 11.9 Å². The zero-order valence-electron chi connectivity index (χ0n) is 13.6. The van der Waals surface area contributed by atoms with E-state index in [-0.39, 0.29) is 5.95 Å². The first-order valence-corrected chi connectivity index (χ1v) is 7.82. The third-order valence-corrected chi connectivity index (χ3v) is 4.41. The number of aryl methyl sites for hydroxylation is 1. The highest BCUT2D eigenvalue weighted by Gasteiger charge is 2.33. The second kappa shape index (κ2) is 6.30. The Labute approximate surface area is 138 Å². The molecule has 2 heterocycles. The summed E-state index contributed by atoms with van der Waals surface area (Å²) in [5.41, 5.74) is 2.75. The molecule has 0 aliphatic carbocycles. The Bertz CT molecular complexity index is 722. The zero-order chi connectivity index (χ0) is 17.3. The fourth-order valence-electron chi connectivity index (χ4n) is 2.88. The summed E-state index contributed by atoms with van der Waals surface area (Å²) < 4.78 is 38.4. The van der Waals surface area contributed by atoms with Gasteiger partial charge in [0.05, 0.1) is 0 Å². The van der Waals surface area contributed by atoms with Gasteiger partial charge in [-0.25, -0.2) is 9.97 Å². The molecular weight excluding hydrogens is 317 g/mol. The van der Waals surface area contributed by atoms with Crippen molar-refractivity contribution in [3.8, 4) is 0 Å². The fraction of sp³-hybridized carbons (Fsp3) is 0.412. The number of rotatable bonds is 2. The minimum Gasteiger partial charge on any atom is -0.368 e. The van der Waals surface area contributed by atoms with Gasteiger partial charge < -0.3 is 9.80 Å². The lowest BCUT2D eigenvalue weighted by atomic mass is 10.1. The van der Waals surface area contributed by atoms with E-state index in [1.54, 1.807) is 4.90 Å². The molecule has 0 radical (unpaired) electrons. The van der Waals surface area contributed by atoms with Crippen LogP contribution in [0.25, 0.3) is 0 Å². The molecule has 1 aliphatic heterocycles. The number of benzene rings is 1. The number of anilines is 2. The lowest BCUT2D eigenvalue weighted by Crippen LogP contribution is -2.47. The van der Waals surface area contributed by atoms with Gasteiger partial charge in [0.15, 0.2) is 0 Å². The lowest BCUT2D eigenvalue weighted by molar-refractivity contribution is -0.141. The van der Waals surface area contributed by atoms with E-state index in [9.17, 15) is 13.2 Å². The molecule has 0 saturated carbocycles. The van der Waals surface area contributed by atoms with Crippen molar-refractivity contribution in [2.75, 3.05) is 36.0 Å². The van der Waals surface area contributed by atoms with Crippen LogP contribution in [0, 0.1) is 13.8 Å². The highest BCUT2D eigenvalue weighted by atomic mass is 19.4. The van der Waals surface area contributed by atoms with Gasteiger partial charge in [-0.1, -0.05) is 12.1 Å². The molecule has 2 aromatic rings. The molecule has 0 amide bonds. The lowest BCUT2D eigenvalue weighted by Gasteiger charge is -2.37. The van der Waals surface area contributed by atoms with Crippen LogP contribution >= 0.6 is 0 Å². The van der Waals surface area contributed by atoms with E-state index in [0.29, 0.717) is 13.1 Å². The van der Waals surface area contributed by atoms with Gasteiger partial charge in [-0.15, -0.1) is 0 Å². The Hall–Kier alpha value is -2.31. The number of alkyl halides is 3. The van der Waals surface area contributed by atoms with Crippen molar-refractivity contribution in [1.29, 1.82) is 0 Å². The van der Waals surface area contributed by atoms with Gasteiger partial charge in [-0.05, 0) is 37.1 Å². The second-order valence-electron chi connectivity index (χ2n) is 5.93. The number of piperazine rings is 1. The number of hydrogen-bond acceptors (Lipinski definition) is 4. The summed E-state index contributed by atoms with van der Waals surface area (Å²) in [5, 5.41) is 0. The van der Waals surface area contributed by atoms with Gasteiger partial charge in [0, 0.05) is 38.1 Å². The van der Waals surface area contributed by atoms with Crippen molar-refractivity contribution < 1.29 is 13.2 Å². The first-order valence-electron chi connectivity index (χ1n) is 7.82. The maximum absolute atomic E-state index is 12.8. The summed E-state index contributed by atoms with van der Waals surface area (Å²) in [4.78, 5) is 11.7. The van der Waals surface area contributed by atoms with Crippen LogP contribution in [0.15, 0.2) is 30.5 Å². The number of aromatic nitrogens is 2. The van der Waals surface area contributed by atoms with Gasteiger partial charge in [-0.3, -0.25) is 0 Å². The molecule has 1 fully saturated rings. The standard InChI is InChI=1S/C17H19F3N4/c1-12-4-3-5-14(13(12)2)23-8-10-24(11-9-23)16-21-7-6-15(22-16)17(18,19)20/h3-7H,8-11H2,1-2H3. The number of nitrogens with zero attached hydrogens (tertiary/aromatic N) is 4. The van der Waals surface area contributed by atoms with Crippen LogP contribution in [0.1, 0.15) is 16.8 Å². The largest absolute Gasteiger partial charge is 0.433 e. The summed E-state index contributed by atoms with van der Waals surface area (Å²) in [5.74, 6) is 0.144. The van der Waals surface area contributed by atoms with Gasteiger partial charge >= 0.3 is 6.18 Å². The van der Waals surface area contributed by atoms with Crippen molar-refractivity contribution >= 4 is 11.6 Å². The average Bonchev–Trinajstić information content (AvgIpc) is 2.57. The normalized spacial score (nSPS) is 15.7. The Morgan fingerprint density at radius 3 is 2.29 bits per heavy atom. The summed E-state index contributed by atoms with van der Waals surface area (Å²) in [7, 11) is 0. The maximum Gasteiger partial charge on any atom is 0.433 e. The SMILES string of the molecule is Cc1cccc(N2CCN(c3nccc(C(F)(F)F)n3)CC2)c1C. The predicted octanol–water partition coefficient (Wildman–Crippen LogP) is 3.44. The van der Waals surface area contributed by atoms with Gasteiger partial charge in [0.1, 0.15) is 5.69 Å². The fourth-order valence-corrected chi connectivity index (χ4v) is 2.88. The van der Waals surface area contributed by atoms with Gasteiger partial charge in [0.2, 0.25) is 5.95 Å². The Morgan fingerprint density at radius 1 is 0.958 bits per heavy atom. The van der Waals surface area contributed by atoms with Crippen LogP contribution in [-0.2, 0) is 6.18 Å². The smallest absolute Gasteiger partial charge is 0.368 e. The average molecular weight is 336 g/mol. The molecule has 7 heteroatoms. The second-order valence-corrected chi connectivity index (χ2v) is 5.93. The quantitative estimate of drug-likeness (QED) is 0.841. The number of hydrogen-bond donors (Lipinski definition) is 0. The maximum atomic E-state index is 12.8. The van der Waals surface area contributed by atoms with E-state index in [1.807, 2.05) is 6.07 Å². The molecule has 0 bridgehead atoms. The monoisotopic (exact) mass is 336 g/mol. The van der Waals surface area contributed by atoms with Crippen molar-refractivity contribution in [3.63, 3.8) is 0 Å². The minimum absolute atomic E-state index is 0.144. The molecule has 1 aromatic heterocycles. The van der Waals surface area contributed by atoms with Crippen LogP contribution in [0.3, 0.4) is 0 Å². The van der Waals surface area contributed by atoms with E-state index in [4.69, 9.17) is 0 Å². The first kappa shape index (κ1) is 16.5. The molecule has 0 atom stereocenters. The minimum atomic E-state index is -4.45. The van der Waals surface area contributed by atoms with E-state index in [1.165, 1.54) is 23.0 Å². The third-order valence-electron chi connectivity index (χ3n) is 4.41. The Balaban J connectivity index is 1.73. The molecule has 0 N–H and O–H groups in total. The van der Waals surface area contributed by atoms with Crippen molar-refractivity contribution in [3.05, 3.63) is 47.3 Å². The topological polar surface area (TPSA) is 32.3 Å². The van der Waals surface area contributed by atoms with Crippen molar-refractivity contribution in [2.45, 2.75) is 20.0 Å². The molecule has 0 unspecified atom stereocenters. The number of halogens is 3. The van der Waals surface area contributed by atoms with Crippen LogP contribution in [0.4, 0.5) is 24.8 Å². The van der Waals surface area contributed by atoms with Crippen LogP contribution in [0.2, 0.25) is 0 Å². The third kappa shape index (κ3) is 3.29. The van der Waals surface area contributed by atoms with Crippen molar-refractivity contribution in [1.82, 2.24) is 9.97 Å². The van der Waals surface area contributed by atoms with Crippen LogP contribution in [-0.4, -0.2) is 36.1 Å². The summed E-state index contributed by atoms with van der Waals surface area (Å²) in [6, 6.07) is 7.08. The molecule has 128 valence electrons. The van der Waals surface area contributed by atoms with E-state index in [2.05, 4.69) is 40.8 Å².